The SMILES string of the molecule is CN1CCN(CCOc2ccc(C#Cc3cnn4cc(NC(=O)Nc5cc(C(C)(C)C)on5)nc4c3)cc2)CC1. The first kappa shape index (κ1) is 27.2. The van der Waals surface area contributed by atoms with Crippen molar-refractivity contribution < 1.29 is 14.1 Å². The van der Waals surface area contributed by atoms with Gasteiger partial charge in [0.25, 0.3) is 0 Å². The highest BCUT2D eigenvalue weighted by Gasteiger charge is 2.20. The van der Waals surface area contributed by atoms with Gasteiger partial charge in [-0.3, -0.25) is 15.5 Å². The number of piperazine rings is 1. The van der Waals surface area contributed by atoms with Crippen molar-refractivity contribution in [3.63, 3.8) is 0 Å². The summed E-state index contributed by atoms with van der Waals surface area (Å²) in [6.07, 6.45) is 3.28. The summed E-state index contributed by atoms with van der Waals surface area (Å²) in [6, 6.07) is 10.8. The lowest BCUT2D eigenvalue weighted by Crippen LogP contribution is -2.45. The number of nitrogens with zero attached hydrogens (tertiary/aromatic N) is 6. The van der Waals surface area contributed by atoms with Gasteiger partial charge in [-0.2, -0.15) is 5.10 Å². The van der Waals surface area contributed by atoms with Crippen LogP contribution < -0.4 is 15.4 Å². The van der Waals surface area contributed by atoms with E-state index in [-0.39, 0.29) is 5.41 Å². The fourth-order valence-electron chi connectivity index (χ4n) is 4.10. The zero-order chi connectivity index (χ0) is 28.1. The summed E-state index contributed by atoms with van der Waals surface area (Å²) in [5.74, 6) is 8.46. The van der Waals surface area contributed by atoms with Crippen LogP contribution in [0.25, 0.3) is 5.65 Å². The van der Waals surface area contributed by atoms with Gasteiger partial charge in [-0.05, 0) is 31.3 Å². The van der Waals surface area contributed by atoms with Crippen molar-refractivity contribution in [2.45, 2.75) is 26.2 Å². The Morgan fingerprint density at radius 2 is 1.75 bits per heavy atom. The molecule has 4 aromatic rings. The second-order valence-electron chi connectivity index (χ2n) is 10.8. The molecule has 3 aromatic heterocycles. The molecule has 0 saturated carbocycles. The second-order valence-corrected chi connectivity index (χ2v) is 10.8. The van der Waals surface area contributed by atoms with Crippen molar-refractivity contribution in [3.05, 3.63) is 65.7 Å². The smallest absolute Gasteiger partial charge is 0.326 e. The molecular formula is C29H34N8O3. The highest BCUT2D eigenvalue weighted by atomic mass is 16.5. The summed E-state index contributed by atoms with van der Waals surface area (Å²) in [7, 11) is 2.16. The number of rotatable bonds is 6. The molecule has 2 amide bonds. The number of amides is 2. The van der Waals surface area contributed by atoms with Crippen molar-refractivity contribution in [2.75, 3.05) is 57.0 Å². The first-order chi connectivity index (χ1) is 19.2. The number of nitrogens with one attached hydrogen (secondary N) is 2. The minimum absolute atomic E-state index is 0.209. The number of carbonyl (C=O) groups is 1. The van der Waals surface area contributed by atoms with Crippen LogP contribution in [-0.4, -0.2) is 82.0 Å². The number of hydrogen-bond donors (Lipinski definition) is 2. The Balaban J connectivity index is 1.14. The number of fused-ring (bicyclic) bond motifs is 1. The maximum absolute atomic E-state index is 12.4. The van der Waals surface area contributed by atoms with Crippen LogP contribution in [0, 0.1) is 11.8 Å². The summed E-state index contributed by atoms with van der Waals surface area (Å²) < 4.78 is 12.8. The van der Waals surface area contributed by atoms with Crippen LogP contribution in [0.3, 0.4) is 0 Å². The molecule has 2 N–H and O–H groups in total. The lowest BCUT2D eigenvalue weighted by molar-refractivity contribution is 0.134. The Morgan fingerprint density at radius 1 is 1.02 bits per heavy atom. The fourth-order valence-corrected chi connectivity index (χ4v) is 4.10. The van der Waals surface area contributed by atoms with Gasteiger partial charge >= 0.3 is 6.03 Å². The lowest BCUT2D eigenvalue weighted by Gasteiger charge is -2.32. The molecule has 11 heteroatoms. The van der Waals surface area contributed by atoms with Gasteiger partial charge in [-0.1, -0.05) is 37.8 Å². The molecule has 5 rings (SSSR count). The standard InChI is InChI=1S/C29H34N8O3/c1-29(2,3)24-18-25(34-40-24)32-28(38)33-26-20-37-27(31-26)17-22(19-30-37)6-5-21-7-9-23(10-8-21)39-16-15-36-13-11-35(4)12-14-36/h7-10,17-20H,11-16H2,1-4H3,(H2,32,33,34,38). The summed E-state index contributed by atoms with van der Waals surface area (Å²) in [6.45, 7) is 12.0. The molecule has 1 fully saturated rings. The Kier molecular flexibility index (Phi) is 8.00. The van der Waals surface area contributed by atoms with Crippen molar-refractivity contribution in [1.82, 2.24) is 29.6 Å². The summed E-state index contributed by atoms with van der Waals surface area (Å²) in [5, 5.41) is 13.6. The van der Waals surface area contributed by atoms with Gasteiger partial charge in [0, 0.05) is 61.4 Å². The third kappa shape index (κ3) is 7.16. The first-order valence-corrected chi connectivity index (χ1v) is 13.3. The average molecular weight is 543 g/mol. The minimum Gasteiger partial charge on any atom is -0.492 e. The van der Waals surface area contributed by atoms with E-state index in [2.05, 4.69) is 54.6 Å². The molecule has 1 aromatic carbocycles. The molecule has 208 valence electrons. The minimum atomic E-state index is -0.482. The van der Waals surface area contributed by atoms with Gasteiger partial charge in [0.2, 0.25) is 0 Å². The van der Waals surface area contributed by atoms with Gasteiger partial charge in [-0.25, -0.2) is 14.3 Å². The zero-order valence-electron chi connectivity index (χ0n) is 23.3. The van der Waals surface area contributed by atoms with Crippen LogP contribution >= 0.6 is 0 Å². The summed E-state index contributed by atoms with van der Waals surface area (Å²) in [5.41, 5.74) is 1.93. The number of urea groups is 1. The van der Waals surface area contributed by atoms with E-state index in [1.54, 1.807) is 23.0 Å². The van der Waals surface area contributed by atoms with Crippen molar-refractivity contribution in [3.8, 4) is 17.6 Å². The van der Waals surface area contributed by atoms with Crippen LogP contribution in [0.5, 0.6) is 5.75 Å². The van der Waals surface area contributed by atoms with Crippen molar-refractivity contribution >= 4 is 23.3 Å². The van der Waals surface area contributed by atoms with E-state index < -0.39 is 6.03 Å². The number of aromatic nitrogens is 4. The third-order valence-corrected chi connectivity index (χ3v) is 6.53. The molecule has 0 bridgehead atoms. The number of imidazole rings is 1. The second kappa shape index (κ2) is 11.8. The maximum Gasteiger partial charge on any atom is 0.326 e. The van der Waals surface area contributed by atoms with Gasteiger partial charge in [0.05, 0.1) is 12.4 Å². The number of carbonyl (C=O) groups excluding carboxylic acids is 1. The largest absolute Gasteiger partial charge is 0.492 e. The Bertz CT molecular complexity index is 1520. The van der Waals surface area contributed by atoms with Crippen molar-refractivity contribution in [1.29, 1.82) is 0 Å². The van der Waals surface area contributed by atoms with Gasteiger partial charge < -0.3 is 14.2 Å². The number of hydrogen-bond acceptors (Lipinski definition) is 8. The fraction of sp³-hybridized carbons (Fsp3) is 0.379. The predicted molar refractivity (Wildman–Crippen MR) is 153 cm³/mol. The lowest BCUT2D eigenvalue weighted by atomic mass is 9.93. The first-order valence-electron chi connectivity index (χ1n) is 13.3. The van der Waals surface area contributed by atoms with E-state index in [0.717, 1.165) is 44.0 Å². The highest BCUT2D eigenvalue weighted by molar-refractivity contribution is 5.98. The van der Waals surface area contributed by atoms with Gasteiger partial charge in [0.1, 0.15) is 18.1 Å². The molecule has 1 saturated heterocycles. The van der Waals surface area contributed by atoms with E-state index in [9.17, 15) is 4.79 Å². The zero-order valence-corrected chi connectivity index (χ0v) is 23.3. The molecule has 0 aliphatic carbocycles. The average Bonchev–Trinajstić information content (AvgIpc) is 3.55. The molecule has 4 heterocycles. The number of ether oxygens (including phenoxy) is 1. The Labute approximate surface area is 233 Å². The molecule has 1 aliphatic rings. The van der Waals surface area contributed by atoms with Crippen LogP contribution in [0.2, 0.25) is 0 Å². The molecule has 0 unspecified atom stereocenters. The molecule has 40 heavy (non-hydrogen) atoms. The highest BCUT2D eigenvalue weighted by Crippen LogP contribution is 2.24. The number of benzene rings is 1. The quantitative estimate of drug-likeness (QED) is 0.355. The Morgan fingerprint density at radius 3 is 2.48 bits per heavy atom. The monoisotopic (exact) mass is 542 g/mol. The molecular weight excluding hydrogens is 508 g/mol. The number of anilines is 2. The summed E-state index contributed by atoms with van der Waals surface area (Å²) >= 11 is 0. The van der Waals surface area contributed by atoms with E-state index in [4.69, 9.17) is 9.26 Å². The van der Waals surface area contributed by atoms with Crippen LogP contribution in [0.4, 0.5) is 16.4 Å². The van der Waals surface area contributed by atoms with E-state index in [1.807, 2.05) is 51.1 Å². The molecule has 11 nitrogen and oxygen atoms in total. The van der Waals surface area contributed by atoms with Gasteiger partial charge in [-0.15, -0.1) is 0 Å². The van der Waals surface area contributed by atoms with E-state index in [0.29, 0.717) is 35.2 Å². The van der Waals surface area contributed by atoms with Crippen LogP contribution in [-0.2, 0) is 5.41 Å². The molecule has 0 atom stereocenters. The normalized spacial score (nSPS) is 14.5. The van der Waals surface area contributed by atoms with E-state index >= 15 is 0 Å². The maximum atomic E-state index is 12.4. The Hall–Kier alpha value is -4.40. The summed E-state index contributed by atoms with van der Waals surface area (Å²) in [4.78, 5) is 21.6. The topological polar surface area (TPSA) is 113 Å². The van der Waals surface area contributed by atoms with Gasteiger partial charge in [0.15, 0.2) is 17.3 Å². The molecule has 0 radical (unpaired) electrons. The van der Waals surface area contributed by atoms with Crippen LogP contribution in [0.15, 0.2) is 53.3 Å². The van der Waals surface area contributed by atoms with E-state index in [1.165, 1.54) is 0 Å². The third-order valence-electron chi connectivity index (χ3n) is 6.53. The van der Waals surface area contributed by atoms with Crippen LogP contribution in [0.1, 0.15) is 37.7 Å². The molecule has 1 aliphatic heterocycles. The molecule has 0 spiro atoms. The van der Waals surface area contributed by atoms with Crippen molar-refractivity contribution in [2.24, 2.45) is 0 Å². The number of likely N-dealkylation sites (N-methyl/N-ethyl adjacent to an activating group) is 1. The predicted octanol–water partition coefficient (Wildman–Crippen LogP) is 3.68.